The minimum absolute atomic E-state index is 0.0125. The highest BCUT2D eigenvalue weighted by Gasteiger charge is 2.16. The van der Waals surface area contributed by atoms with Crippen molar-refractivity contribution in [3.63, 3.8) is 0 Å². The van der Waals surface area contributed by atoms with Crippen molar-refractivity contribution in [3.8, 4) is 0 Å². The lowest BCUT2D eigenvalue weighted by Crippen LogP contribution is -2.40. The molecule has 0 spiro atoms. The SMILES string of the molecule is CC(C)C(CCO)NC(=O)Cc1cccc2ccccc12. The number of rotatable bonds is 6. The lowest BCUT2D eigenvalue weighted by Gasteiger charge is -2.21. The van der Waals surface area contributed by atoms with Crippen LogP contribution in [0.5, 0.6) is 0 Å². The van der Waals surface area contributed by atoms with Crippen LogP contribution in [0, 0.1) is 5.92 Å². The van der Waals surface area contributed by atoms with Crippen molar-refractivity contribution in [2.75, 3.05) is 6.61 Å². The molecule has 2 aromatic rings. The highest BCUT2D eigenvalue weighted by atomic mass is 16.3. The molecule has 0 aliphatic carbocycles. The van der Waals surface area contributed by atoms with Gasteiger partial charge in [0.1, 0.15) is 0 Å². The quantitative estimate of drug-likeness (QED) is 0.857. The van der Waals surface area contributed by atoms with E-state index in [-0.39, 0.29) is 18.6 Å². The largest absolute Gasteiger partial charge is 0.396 e. The molecular formula is C18H23NO2. The third-order valence-electron chi connectivity index (χ3n) is 3.82. The molecule has 0 radical (unpaired) electrons. The minimum Gasteiger partial charge on any atom is -0.396 e. The Bertz CT molecular complexity index is 602. The van der Waals surface area contributed by atoms with Crippen LogP contribution in [0.3, 0.4) is 0 Å². The van der Waals surface area contributed by atoms with Crippen LogP contribution in [0.2, 0.25) is 0 Å². The number of hydrogen-bond donors (Lipinski definition) is 2. The summed E-state index contributed by atoms with van der Waals surface area (Å²) in [7, 11) is 0. The molecule has 21 heavy (non-hydrogen) atoms. The molecule has 0 aliphatic heterocycles. The van der Waals surface area contributed by atoms with Gasteiger partial charge in [-0.15, -0.1) is 0 Å². The average molecular weight is 285 g/mol. The molecule has 0 saturated heterocycles. The number of nitrogens with one attached hydrogen (secondary N) is 1. The molecule has 3 heteroatoms. The predicted octanol–water partition coefficient (Wildman–Crippen LogP) is 2.91. The third-order valence-corrected chi connectivity index (χ3v) is 3.82. The first-order chi connectivity index (χ1) is 10.1. The van der Waals surface area contributed by atoms with Gasteiger partial charge in [-0.25, -0.2) is 0 Å². The molecule has 2 aromatic carbocycles. The molecule has 0 aliphatic rings. The molecular weight excluding hydrogens is 262 g/mol. The summed E-state index contributed by atoms with van der Waals surface area (Å²) in [6.07, 6.45) is 0.967. The molecule has 1 atom stereocenters. The monoisotopic (exact) mass is 285 g/mol. The lowest BCUT2D eigenvalue weighted by atomic mass is 9.99. The van der Waals surface area contributed by atoms with Crippen LogP contribution in [0.25, 0.3) is 10.8 Å². The molecule has 0 heterocycles. The van der Waals surface area contributed by atoms with Gasteiger partial charge in [0.2, 0.25) is 5.91 Å². The Labute approximate surface area is 126 Å². The van der Waals surface area contributed by atoms with Crippen molar-refractivity contribution in [1.82, 2.24) is 5.32 Å². The fourth-order valence-electron chi connectivity index (χ4n) is 2.59. The Morgan fingerprint density at radius 3 is 2.57 bits per heavy atom. The Hall–Kier alpha value is -1.87. The molecule has 2 N–H and O–H groups in total. The molecule has 0 fully saturated rings. The van der Waals surface area contributed by atoms with Crippen LogP contribution >= 0.6 is 0 Å². The van der Waals surface area contributed by atoms with Crippen molar-refractivity contribution >= 4 is 16.7 Å². The summed E-state index contributed by atoms with van der Waals surface area (Å²) < 4.78 is 0. The number of aliphatic hydroxyl groups excluding tert-OH is 1. The summed E-state index contributed by atoms with van der Waals surface area (Å²) in [5, 5.41) is 14.4. The van der Waals surface area contributed by atoms with E-state index in [1.807, 2.05) is 30.3 Å². The van der Waals surface area contributed by atoms with E-state index in [0.717, 1.165) is 16.3 Å². The molecule has 1 amide bonds. The van der Waals surface area contributed by atoms with Crippen molar-refractivity contribution in [2.24, 2.45) is 5.92 Å². The molecule has 0 saturated carbocycles. The first-order valence-electron chi connectivity index (χ1n) is 7.48. The number of amides is 1. The zero-order chi connectivity index (χ0) is 15.2. The van der Waals surface area contributed by atoms with Gasteiger partial charge in [0.15, 0.2) is 0 Å². The molecule has 2 rings (SSSR count). The van der Waals surface area contributed by atoms with Gasteiger partial charge < -0.3 is 10.4 Å². The highest BCUT2D eigenvalue weighted by Crippen LogP contribution is 2.19. The van der Waals surface area contributed by atoms with E-state index in [1.165, 1.54) is 0 Å². The summed E-state index contributed by atoms with van der Waals surface area (Å²) in [4.78, 5) is 12.3. The summed E-state index contributed by atoms with van der Waals surface area (Å²) >= 11 is 0. The average Bonchev–Trinajstić information content (AvgIpc) is 2.47. The van der Waals surface area contributed by atoms with Crippen LogP contribution in [0.4, 0.5) is 0 Å². The number of hydrogen-bond acceptors (Lipinski definition) is 2. The van der Waals surface area contributed by atoms with Gasteiger partial charge in [-0.1, -0.05) is 56.3 Å². The van der Waals surface area contributed by atoms with Crippen LogP contribution < -0.4 is 5.32 Å². The second-order valence-corrected chi connectivity index (χ2v) is 5.75. The minimum atomic E-state index is 0.0125. The first-order valence-corrected chi connectivity index (χ1v) is 7.48. The summed E-state index contributed by atoms with van der Waals surface area (Å²) in [6.45, 7) is 4.20. The van der Waals surface area contributed by atoms with Crippen LogP contribution in [-0.2, 0) is 11.2 Å². The predicted molar refractivity (Wildman–Crippen MR) is 86.1 cm³/mol. The van der Waals surface area contributed by atoms with Crippen molar-refractivity contribution in [2.45, 2.75) is 32.7 Å². The second-order valence-electron chi connectivity index (χ2n) is 5.75. The molecule has 1 unspecified atom stereocenters. The lowest BCUT2D eigenvalue weighted by molar-refractivity contribution is -0.121. The summed E-state index contributed by atoms with van der Waals surface area (Å²) in [5.41, 5.74) is 1.04. The van der Waals surface area contributed by atoms with Crippen LogP contribution in [0.15, 0.2) is 42.5 Å². The maximum atomic E-state index is 12.3. The van der Waals surface area contributed by atoms with E-state index in [2.05, 4.69) is 31.3 Å². The Morgan fingerprint density at radius 2 is 1.86 bits per heavy atom. The summed E-state index contributed by atoms with van der Waals surface area (Å²) in [5.74, 6) is 0.326. The zero-order valence-corrected chi connectivity index (χ0v) is 12.7. The highest BCUT2D eigenvalue weighted by molar-refractivity contribution is 5.90. The number of carbonyl (C=O) groups is 1. The number of fused-ring (bicyclic) bond motifs is 1. The Kier molecular flexibility index (Phi) is 5.34. The third kappa shape index (κ3) is 4.05. The normalized spacial score (nSPS) is 12.6. The fraction of sp³-hybridized carbons (Fsp3) is 0.389. The molecule has 3 nitrogen and oxygen atoms in total. The van der Waals surface area contributed by atoms with Crippen molar-refractivity contribution in [3.05, 3.63) is 48.0 Å². The van der Waals surface area contributed by atoms with E-state index in [9.17, 15) is 4.79 Å². The Morgan fingerprint density at radius 1 is 1.14 bits per heavy atom. The maximum Gasteiger partial charge on any atom is 0.224 e. The van der Waals surface area contributed by atoms with E-state index in [1.54, 1.807) is 0 Å². The second kappa shape index (κ2) is 7.23. The molecule has 0 aromatic heterocycles. The van der Waals surface area contributed by atoms with Crippen molar-refractivity contribution in [1.29, 1.82) is 0 Å². The van der Waals surface area contributed by atoms with E-state index in [0.29, 0.717) is 18.8 Å². The zero-order valence-electron chi connectivity index (χ0n) is 12.7. The van der Waals surface area contributed by atoms with Gasteiger partial charge in [0.05, 0.1) is 6.42 Å². The number of aliphatic hydroxyl groups is 1. The van der Waals surface area contributed by atoms with Crippen LogP contribution in [0.1, 0.15) is 25.8 Å². The first kappa shape index (κ1) is 15.5. The summed E-state index contributed by atoms with van der Waals surface area (Å²) in [6, 6.07) is 14.2. The number of benzene rings is 2. The van der Waals surface area contributed by atoms with Gasteiger partial charge in [0.25, 0.3) is 0 Å². The molecule has 0 bridgehead atoms. The number of carbonyl (C=O) groups excluding carboxylic acids is 1. The van der Waals surface area contributed by atoms with E-state index in [4.69, 9.17) is 5.11 Å². The van der Waals surface area contributed by atoms with E-state index < -0.39 is 0 Å². The topological polar surface area (TPSA) is 49.3 Å². The van der Waals surface area contributed by atoms with Crippen molar-refractivity contribution < 1.29 is 9.90 Å². The molecule has 112 valence electrons. The van der Waals surface area contributed by atoms with Gasteiger partial charge in [-0.05, 0) is 28.7 Å². The van der Waals surface area contributed by atoms with Gasteiger partial charge in [-0.3, -0.25) is 4.79 Å². The Balaban J connectivity index is 2.11. The maximum absolute atomic E-state index is 12.3. The van der Waals surface area contributed by atoms with Gasteiger partial charge in [-0.2, -0.15) is 0 Å². The smallest absolute Gasteiger partial charge is 0.224 e. The standard InChI is InChI=1S/C18H23NO2/c1-13(2)17(10-11-20)19-18(21)12-15-8-5-7-14-6-3-4-9-16(14)15/h3-9,13,17,20H,10-12H2,1-2H3,(H,19,21). The van der Waals surface area contributed by atoms with Gasteiger partial charge >= 0.3 is 0 Å². The van der Waals surface area contributed by atoms with Crippen LogP contribution in [-0.4, -0.2) is 23.7 Å². The fourth-order valence-corrected chi connectivity index (χ4v) is 2.59. The van der Waals surface area contributed by atoms with E-state index >= 15 is 0 Å². The van der Waals surface area contributed by atoms with Gasteiger partial charge in [0, 0.05) is 12.6 Å².